The number of carboxylic acid groups (broad SMARTS) is 1. The molecule has 24 heteroatoms. The first-order valence-corrected chi connectivity index (χ1v) is 16.0. The van der Waals surface area contributed by atoms with Crippen LogP contribution in [-0.4, -0.2) is 227 Å². The molecule has 302 valence electrons. The van der Waals surface area contributed by atoms with E-state index in [9.17, 15) is 75.7 Å². The molecule has 19 atom stereocenters. The Labute approximate surface area is 294 Å². The molecule has 3 fully saturated rings. The first-order chi connectivity index (χ1) is 24.4. The van der Waals surface area contributed by atoms with Crippen LogP contribution in [0.1, 0.15) is 13.8 Å². The number of carbonyl (C=O) groups excluding carboxylic acids is 2. The zero-order valence-corrected chi connectivity index (χ0v) is 27.8. The van der Waals surface area contributed by atoms with E-state index in [-0.39, 0.29) is 0 Å². The van der Waals surface area contributed by atoms with Crippen LogP contribution in [0.5, 0.6) is 0 Å². The Bertz CT molecular complexity index is 1170. The molecular weight excluding hydrogens is 716 g/mol. The van der Waals surface area contributed by atoms with E-state index in [0.717, 1.165) is 13.8 Å². The van der Waals surface area contributed by atoms with Crippen LogP contribution in [-0.2, 0) is 42.8 Å². The Balaban J connectivity index is 2.04. The molecule has 0 aromatic rings. The monoisotopic (exact) mass is 764 g/mol. The first kappa shape index (κ1) is 44.1. The molecule has 3 rings (SSSR count). The van der Waals surface area contributed by atoms with Gasteiger partial charge >= 0.3 is 5.97 Å². The van der Waals surface area contributed by atoms with Gasteiger partial charge in [0.25, 0.3) is 0 Å². The summed E-state index contributed by atoms with van der Waals surface area (Å²) in [6.07, 6.45) is -33.6. The zero-order chi connectivity index (χ0) is 39.2. The lowest BCUT2D eigenvalue weighted by molar-refractivity contribution is -0.373. The molecule has 0 unspecified atom stereocenters. The number of carboxylic acids is 1. The number of hydrogen-bond donors (Lipinski definition) is 15. The molecule has 0 aromatic heterocycles. The molecule has 0 bridgehead atoms. The third kappa shape index (κ3) is 10.1. The van der Waals surface area contributed by atoms with E-state index < -0.39 is 161 Å². The van der Waals surface area contributed by atoms with Gasteiger partial charge in [0.2, 0.25) is 11.8 Å². The van der Waals surface area contributed by atoms with Crippen molar-refractivity contribution >= 4 is 17.8 Å². The lowest BCUT2D eigenvalue weighted by Crippen LogP contribution is -2.70. The molecule has 3 aliphatic rings. The van der Waals surface area contributed by atoms with Crippen LogP contribution in [0.2, 0.25) is 0 Å². The van der Waals surface area contributed by atoms with Crippen LogP contribution in [0, 0.1) is 0 Å². The maximum absolute atomic E-state index is 12.4. The second kappa shape index (κ2) is 19.3. The summed E-state index contributed by atoms with van der Waals surface area (Å²) in [4.78, 5) is 36.3. The minimum Gasteiger partial charge on any atom is -0.479 e. The fraction of sp³-hybridized carbons (Fsp3) is 0.893. The molecule has 0 saturated carbocycles. The Morgan fingerprint density at radius 2 is 1.17 bits per heavy atom. The highest BCUT2D eigenvalue weighted by Gasteiger charge is 2.56. The average molecular weight is 765 g/mol. The van der Waals surface area contributed by atoms with Crippen LogP contribution in [0.3, 0.4) is 0 Å². The topological polar surface area (TPSA) is 394 Å². The molecule has 3 aliphatic heterocycles. The molecule has 0 radical (unpaired) electrons. The summed E-state index contributed by atoms with van der Waals surface area (Å²) in [5.41, 5.74) is 0. The second-order valence-electron chi connectivity index (χ2n) is 12.4. The number of amides is 2. The second-order valence-corrected chi connectivity index (χ2v) is 12.4. The summed E-state index contributed by atoms with van der Waals surface area (Å²) in [7, 11) is 0. The van der Waals surface area contributed by atoms with E-state index in [4.69, 9.17) is 33.5 Å². The molecule has 15 N–H and O–H groups in total. The summed E-state index contributed by atoms with van der Waals surface area (Å²) in [6.45, 7) is -1.97. The Hall–Kier alpha value is -2.31. The smallest absolute Gasteiger partial charge is 0.335 e. The number of hydrogen-bond acceptors (Lipinski definition) is 21. The molecule has 0 spiro atoms. The average Bonchev–Trinajstić information content (AvgIpc) is 3.10. The van der Waals surface area contributed by atoms with Crippen molar-refractivity contribution in [1.82, 2.24) is 10.6 Å². The highest BCUT2D eigenvalue weighted by molar-refractivity contribution is 5.74. The van der Waals surface area contributed by atoms with Gasteiger partial charge in [-0.05, 0) is 0 Å². The number of aliphatic hydroxyl groups excluding tert-OH is 12. The van der Waals surface area contributed by atoms with Crippen LogP contribution in [0.25, 0.3) is 0 Å². The van der Waals surface area contributed by atoms with Crippen LogP contribution < -0.4 is 10.6 Å². The zero-order valence-electron chi connectivity index (χ0n) is 27.8. The van der Waals surface area contributed by atoms with Crippen LogP contribution in [0.4, 0.5) is 0 Å². The predicted molar refractivity (Wildman–Crippen MR) is 160 cm³/mol. The predicted octanol–water partition coefficient (Wildman–Crippen LogP) is -9.73. The van der Waals surface area contributed by atoms with Crippen LogP contribution >= 0.6 is 0 Å². The summed E-state index contributed by atoms with van der Waals surface area (Å²) in [5, 5.41) is 138. The lowest BCUT2D eigenvalue weighted by atomic mass is 9.94. The van der Waals surface area contributed by atoms with E-state index in [1.54, 1.807) is 0 Å². The minimum atomic E-state index is -2.26. The fourth-order valence-corrected chi connectivity index (χ4v) is 5.89. The summed E-state index contributed by atoms with van der Waals surface area (Å²) in [5.74, 6) is -3.45. The fourth-order valence-electron chi connectivity index (χ4n) is 5.89. The molecule has 52 heavy (non-hydrogen) atoms. The summed E-state index contributed by atoms with van der Waals surface area (Å²) >= 11 is 0. The minimum absolute atomic E-state index is 0.774. The van der Waals surface area contributed by atoms with E-state index >= 15 is 0 Å². The molecular formula is C28H48N2O22. The molecule has 0 aliphatic carbocycles. The summed E-state index contributed by atoms with van der Waals surface area (Å²) in [6, 6.07) is -3.38. The van der Waals surface area contributed by atoms with Crippen molar-refractivity contribution in [3.05, 3.63) is 0 Å². The Morgan fingerprint density at radius 3 is 1.69 bits per heavy atom. The van der Waals surface area contributed by atoms with E-state index in [0.29, 0.717) is 0 Å². The van der Waals surface area contributed by atoms with E-state index in [2.05, 4.69) is 10.6 Å². The van der Waals surface area contributed by atoms with Gasteiger partial charge in [-0.3, -0.25) is 9.59 Å². The van der Waals surface area contributed by atoms with Gasteiger partial charge in [0.05, 0.1) is 26.4 Å². The van der Waals surface area contributed by atoms with Crippen molar-refractivity contribution in [3.63, 3.8) is 0 Å². The van der Waals surface area contributed by atoms with Crippen molar-refractivity contribution in [3.8, 4) is 0 Å². The number of aliphatic hydroxyl groups is 12. The maximum atomic E-state index is 12.4. The summed E-state index contributed by atoms with van der Waals surface area (Å²) < 4.78 is 33.7. The van der Waals surface area contributed by atoms with Crippen molar-refractivity contribution in [1.29, 1.82) is 0 Å². The molecule has 3 heterocycles. The largest absolute Gasteiger partial charge is 0.479 e. The number of nitrogens with one attached hydrogen (secondary N) is 2. The maximum Gasteiger partial charge on any atom is 0.335 e. The lowest BCUT2D eigenvalue weighted by Gasteiger charge is -2.49. The Kier molecular flexibility index (Phi) is 16.4. The number of aliphatic carboxylic acids is 1. The van der Waals surface area contributed by atoms with E-state index in [1.807, 2.05) is 0 Å². The van der Waals surface area contributed by atoms with Crippen molar-refractivity contribution in [2.24, 2.45) is 0 Å². The van der Waals surface area contributed by atoms with Gasteiger partial charge in [-0.15, -0.1) is 0 Å². The standard InChI is InChI=1S/C28H48N2O22/c1-7(35)29-13-19(42)17(40)11(5-33)47-26(13)52-24-21(44)20(43)23(25(45)46)51-28(24)50-22-14(30-8(2)36)27(49-12(6-34)18(22)41)48-10(4-32)16(39)15(38)9(37)3-31/h9-24,26-28,31-34,37-44H,3-6H2,1-2H3,(H,29,35)(H,30,36)(H,45,46)/t9-,10+,11-,12-,13-,14-,15+,16-,17-,18-,19-,20+,21+,22-,23+,24-,26+,27+,28-/m1/s1. The van der Waals surface area contributed by atoms with Gasteiger partial charge in [0.15, 0.2) is 25.0 Å². The number of carbonyl (C=O) groups is 3. The molecule has 2 amide bonds. The van der Waals surface area contributed by atoms with Gasteiger partial charge in [-0.2, -0.15) is 0 Å². The van der Waals surface area contributed by atoms with Gasteiger partial charge < -0.3 is 105 Å². The quantitative estimate of drug-likeness (QED) is 0.0693. The van der Waals surface area contributed by atoms with Gasteiger partial charge in [-0.1, -0.05) is 0 Å². The molecule has 3 saturated heterocycles. The van der Waals surface area contributed by atoms with Crippen LogP contribution in [0.15, 0.2) is 0 Å². The van der Waals surface area contributed by atoms with Crippen molar-refractivity contribution < 1.29 is 109 Å². The van der Waals surface area contributed by atoms with Gasteiger partial charge in [0.1, 0.15) is 91.4 Å². The van der Waals surface area contributed by atoms with E-state index in [1.165, 1.54) is 0 Å². The molecule has 24 nitrogen and oxygen atoms in total. The normalized spacial score (nSPS) is 40.6. The van der Waals surface area contributed by atoms with Gasteiger partial charge in [0, 0.05) is 13.8 Å². The third-order valence-electron chi connectivity index (χ3n) is 8.65. The number of ether oxygens (including phenoxy) is 6. The van der Waals surface area contributed by atoms with Crippen molar-refractivity contribution in [2.75, 3.05) is 26.4 Å². The first-order valence-electron chi connectivity index (χ1n) is 16.0. The highest BCUT2D eigenvalue weighted by Crippen LogP contribution is 2.34. The third-order valence-corrected chi connectivity index (χ3v) is 8.65. The highest BCUT2D eigenvalue weighted by atomic mass is 16.8. The Morgan fingerprint density at radius 1 is 0.635 bits per heavy atom. The number of rotatable bonds is 16. The molecule has 0 aromatic carbocycles. The van der Waals surface area contributed by atoms with Gasteiger partial charge in [-0.25, -0.2) is 4.79 Å². The van der Waals surface area contributed by atoms with Crippen molar-refractivity contribution in [2.45, 2.75) is 130 Å². The SMILES string of the molecule is CC(=O)N[C@H]1[C@H](O[C@H]2[C@H](O[C@H]3[C@H](O)[C@@H](CO)O[C@H](O[C@@H](CO)[C@@H](O)[C@@H](O)[C@H](O)CO)[C@@H]3NC(C)=O)O[C@H](C(=O)O)[C@@H](O)[C@@H]2O)O[C@H](CO)[C@@H](O)[C@@H]1O.